The third kappa shape index (κ3) is 3.43. The van der Waals surface area contributed by atoms with Crippen LogP contribution in [0.4, 0.5) is 5.69 Å². The minimum absolute atomic E-state index is 0.00709. The van der Waals surface area contributed by atoms with E-state index in [1.165, 1.54) is 6.07 Å². The Kier molecular flexibility index (Phi) is 4.29. The van der Waals surface area contributed by atoms with Crippen LogP contribution in [0.3, 0.4) is 0 Å². The molecule has 1 amide bonds. The first-order valence-corrected chi connectivity index (χ1v) is 7.49. The lowest BCUT2D eigenvalue weighted by molar-refractivity contribution is 0.102. The van der Waals surface area contributed by atoms with Gasteiger partial charge in [-0.15, -0.1) is 0 Å². The van der Waals surface area contributed by atoms with Gasteiger partial charge in [-0.2, -0.15) is 0 Å². The van der Waals surface area contributed by atoms with Gasteiger partial charge < -0.3 is 14.5 Å². The molecular formula is C18H16N2O4. The fraction of sp³-hybridized carbons (Fsp3) is 0.167. The van der Waals surface area contributed by atoms with E-state index in [1.807, 2.05) is 13.8 Å². The van der Waals surface area contributed by atoms with E-state index >= 15 is 0 Å². The average molecular weight is 324 g/mol. The molecule has 0 atom stereocenters. The standard InChI is InChI=1S/C18H16N2O4/c1-11(2)23-13-3-4-14-15(10-17(21)24-16(14)9-13)18(22)20-12-5-7-19-8-6-12/h3-11H,1-2H3,(H,19,20,22). The van der Waals surface area contributed by atoms with Crippen molar-refractivity contribution in [2.24, 2.45) is 0 Å². The third-order valence-electron chi connectivity index (χ3n) is 3.27. The topological polar surface area (TPSA) is 81.4 Å². The number of ether oxygens (including phenoxy) is 1. The van der Waals surface area contributed by atoms with Crippen LogP contribution in [0.25, 0.3) is 11.0 Å². The van der Waals surface area contributed by atoms with Crippen LogP contribution in [0.15, 0.2) is 58.0 Å². The lowest BCUT2D eigenvalue weighted by atomic mass is 10.1. The second-order valence-corrected chi connectivity index (χ2v) is 5.49. The smallest absolute Gasteiger partial charge is 0.337 e. The van der Waals surface area contributed by atoms with E-state index in [4.69, 9.17) is 9.15 Å². The maximum atomic E-state index is 12.5. The van der Waals surface area contributed by atoms with Gasteiger partial charge in [0.1, 0.15) is 11.3 Å². The zero-order valence-electron chi connectivity index (χ0n) is 13.3. The molecule has 0 bridgehead atoms. The van der Waals surface area contributed by atoms with Crippen LogP contribution in [0.2, 0.25) is 0 Å². The number of hydrogen-bond acceptors (Lipinski definition) is 5. The molecule has 122 valence electrons. The molecule has 0 aliphatic carbocycles. The second kappa shape index (κ2) is 6.54. The summed E-state index contributed by atoms with van der Waals surface area (Å²) in [4.78, 5) is 28.2. The molecule has 0 aliphatic heterocycles. The number of aromatic nitrogens is 1. The van der Waals surface area contributed by atoms with Crippen molar-refractivity contribution in [3.05, 3.63) is 64.8 Å². The molecule has 6 nitrogen and oxygen atoms in total. The Balaban J connectivity index is 2.01. The van der Waals surface area contributed by atoms with E-state index in [-0.39, 0.29) is 11.7 Å². The number of carbonyl (C=O) groups excluding carboxylic acids is 1. The minimum Gasteiger partial charge on any atom is -0.491 e. The van der Waals surface area contributed by atoms with Gasteiger partial charge in [0, 0.05) is 35.6 Å². The molecule has 1 N–H and O–H groups in total. The minimum atomic E-state index is -0.593. The van der Waals surface area contributed by atoms with Gasteiger partial charge >= 0.3 is 5.63 Å². The van der Waals surface area contributed by atoms with Crippen molar-refractivity contribution in [1.29, 1.82) is 0 Å². The van der Waals surface area contributed by atoms with Crippen LogP contribution in [-0.4, -0.2) is 17.0 Å². The van der Waals surface area contributed by atoms with Crippen LogP contribution < -0.4 is 15.7 Å². The van der Waals surface area contributed by atoms with Crippen LogP contribution in [-0.2, 0) is 0 Å². The molecule has 0 fully saturated rings. The third-order valence-corrected chi connectivity index (χ3v) is 3.27. The van der Waals surface area contributed by atoms with E-state index in [9.17, 15) is 9.59 Å². The number of nitrogens with one attached hydrogen (secondary N) is 1. The van der Waals surface area contributed by atoms with Crippen molar-refractivity contribution in [1.82, 2.24) is 4.98 Å². The number of pyridine rings is 1. The summed E-state index contributed by atoms with van der Waals surface area (Å²) < 4.78 is 10.8. The molecule has 3 aromatic rings. The molecule has 1 aromatic carbocycles. The zero-order valence-corrected chi connectivity index (χ0v) is 13.3. The first-order valence-electron chi connectivity index (χ1n) is 7.49. The van der Waals surface area contributed by atoms with Gasteiger partial charge in [-0.25, -0.2) is 4.79 Å². The number of nitrogens with zero attached hydrogens (tertiary/aromatic N) is 1. The Labute approximate surface area is 138 Å². The van der Waals surface area contributed by atoms with Crippen molar-refractivity contribution < 1.29 is 13.9 Å². The van der Waals surface area contributed by atoms with Crippen LogP contribution in [0.1, 0.15) is 24.2 Å². The van der Waals surface area contributed by atoms with Gasteiger partial charge in [-0.1, -0.05) is 0 Å². The number of benzene rings is 1. The van der Waals surface area contributed by atoms with E-state index < -0.39 is 11.5 Å². The zero-order chi connectivity index (χ0) is 17.1. The monoisotopic (exact) mass is 324 g/mol. The molecule has 0 saturated heterocycles. The Bertz CT molecular complexity index is 933. The summed E-state index contributed by atoms with van der Waals surface area (Å²) in [5.74, 6) is 0.184. The Hall–Kier alpha value is -3.15. The fourth-order valence-electron chi connectivity index (χ4n) is 2.31. The lowest BCUT2D eigenvalue weighted by Gasteiger charge is -2.11. The van der Waals surface area contributed by atoms with Crippen molar-refractivity contribution in [3.63, 3.8) is 0 Å². The predicted molar refractivity (Wildman–Crippen MR) is 90.4 cm³/mol. The molecule has 2 aromatic heterocycles. The molecule has 0 aliphatic rings. The molecule has 24 heavy (non-hydrogen) atoms. The van der Waals surface area contributed by atoms with Gasteiger partial charge in [-0.3, -0.25) is 9.78 Å². The fourth-order valence-corrected chi connectivity index (χ4v) is 2.31. The highest BCUT2D eigenvalue weighted by molar-refractivity contribution is 6.12. The Morgan fingerprint density at radius 2 is 1.92 bits per heavy atom. The molecule has 0 saturated carbocycles. The number of fused-ring (bicyclic) bond motifs is 1. The number of carbonyl (C=O) groups is 1. The summed E-state index contributed by atoms with van der Waals surface area (Å²) in [5.41, 5.74) is 0.551. The normalized spacial score (nSPS) is 10.8. The van der Waals surface area contributed by atoms with Crippen molar-refractivity contribution >= 4 is 22.6 Å². The molecule has 2 heterocycles. The summed E-state index contributed by atoms with van der Waals surface area (Å²) in [6.07, 6.45) is 3.14. The quantitative estimate of drug-likeness (QED) is 0.745. The summed E-state index contributed by atoms with van der Waals surface area (Å²) in [6.45, 7) is 3.80. The number of anilines is 1. The summed E-state index contributed by atoms with van der Waals surface area (Å²) in [6, 6.07) is 9.57. The van der Waals surface area contributed by atoms with Gasteiger partial charge in [0.25, 0.3) is 5.91 Å². The maximum absolute atomic E-state index is 12.5. The highest BCUT2D eigenvalue weighted by Crippen LogP contribution is 2.24. The number of hydrogen-bond donors (Lipinski definition) is 1. The van der Waals surface area contributed by atoms with Crippen molar-refractivity contribution in [2.45, 2.75) is 20.0 Å². The van der Waals surface area contributed by atoms with Crippen LogP contribution in [0.5, 0.6) is 5.75 Å². The van der Waals surface area contributed by atoms with E-state index in [2.05, 4.69) is 10.3 Å². The molecule has 6 heteroatoms. The molecule has 3 rings (SSSR count). The molecule has 0 spiro atoms. The van der Waals surface area contributed by atoms with Crippen LogP contribution >= 0.6 is 0 Å². The Morgan fingerprint density at radius 1 is 1.17 bits per heavy atom. The highest BCUT2D eigenvalue weighted by Gasteiger charge is 2.14. The SMILES string of the molecule is CC(C)Oc1ccc2c(C(=O)Nc3ccncc3)cc(=O)oc2c1. The molecule has 0 radical (unpaired) electrons. The Morgan fingerprint density at radius 3 is 2.62 bits per heavy atom. The molecule has 0 unspecified atom stereocenters. The summed E-state index contributed by atoms with van der Waals surface area (Å²) in [5, 5.41) is 3.27. The van der Waals surface area contributed by atoms with E-state index in [0.29, 0.717) is 22.4 Å². The van der Waals surface area contributed by atoms with Crippen molar-refractivity contribution in [2.75, 3.05) is 5.32 Å². The largest absolute Gasteiger partial charge is 0.491 e. The average Bonchev–Trinajstić information content (AvgIpc) is 2.54. The summed E-state index contributed by atoms with van der Waals surface area (Å²) >= 11 is 0. The van der Waals surface area contributed by atoms with Gasteiger partial charge in [0.15, 0.2) is 0 Å². The number of amides is 1. The molecular weight excluding hydrogens is 308 g/mol. The summed E-state index contributed by atoms with van der Waals surface area (Å²) in [7, 11) is 0. The number of rotatable bonds is 4. The highest BCUT2D eigenvalue weighted by atomic mass is 16.5. The maximum Gasteiger partial charge on any atom is 0.337 e. The van der Waals surface area contributed by atoms with E-state index in [1.54, 1.807) is 42.7 Å². The van der Waals surface area contributed by atoms with Gasteiger partial charge in [0.2, 0.25) is 0 Å². The van der Waals surface area contributed by atoms with Gasteiger partial charge in [-0.05, 0) is 38.1 Å². The predicted octanol–water partition coefficient (Wildman–Crippen LogP) is 3.23. The van der Waals surface area contributed by atoms with Crippen LogP contribution in [0, 0.1) is 0 Å². The first kappa shape index (κ1) is 15.7. The van der Waals surface area contributed by atoms with E-state index in [0.717, 1.165) is 0 Å². The van der Waals surface area contributed by atoms with Crippen molar-refractivity contribution in [3.8, 4) is 5.75 Å². The lowest BCUT2D eigenvalue weighted by Crippen LogP contribution is -2.15. The van der Waals surface area contributed by atoms with Gasteiger partial charge in [0.05, 0.1) is 11.7 Å². The first-order chi connectivity index (χ1) is 11.5. The second-order valence-electron chi connectivity index (χ2n) is 5.49.